The lowest BCUT2D eigenvalue weighted by molar-refractivity contribution is 0.190. The summed E-state index contributed by atoms with van der Waals surface area (Å²) in [5, 5.41) is 3.51. The molecule has 0 amide bonds. The number of benzene rings is 1. The monoisotopic (exact) mass is 227 g/mol. The predicted octanol–water partition coefficient (Wildman–Crippen LogP) is 2.03. The van der Waals surface area contributed by atoms with E-state index in [1.54, 1.807) is 0 Å². The standard InChI is InChI=1S/C12H17NO.ClH/c1-2-4-11(5-3-1)6-8-13-12-7-9-14-10-12;/h1-5,12-13H,6-10H2;1H. The Kier molecular flexibility index (Phi) is 5.69. The van der Waals surface area contributed by atoms with Gasteiger partial charge in [0.15, 0.2) is 0 Å². The molecule has 1 aromatic carbocycles. The molecule has 1 aromatic rings. The molecular formula is C12H18ClNO. The van der Waals surface area contributed by atoms with Crippen molar-refractivity contribution in [1.82, 2.24) is 5.32 Å². The van der Waals surface area contributed by atoms with E-state index in [1.165, 1.54) is 5.56 Å². The zero-order valence-corrected chi connectivity index (χ0v) is 9.63. The van der Waals surface area contributed by atoms with E-state index in [1.807, 2.05) is 0 Å². The molecule has 1 atom stereocenters. The van der Waals surface area contributed by atoms with E-state index in [4.69, 9.17) is 4.74 Å². The second kappa shape index (κ2) is 6.83. The first-order valence-electron chi connectivity index (χ1n) is 5.30. The fourth-order valence-electron chi connectivity index (χ4n) is 1.76. The molecule has 0 spiro atoms. The highest BCUT2D eigenvalue weighted by Gasteiger charge is 2.13. The highest BCUT2D eigenvalue weighted by Crippen LogP contribution is 2.04. The normalized spacial score (nSPS) is 19.9. The number of rotatable bonds is 4. The van der Waals surface area contributed by atoms with Gasteiger partial charge in [-0.2, -0.15) is 0 Å². The first-order chi connectivity index (χ1) is 6.95. The van der Waals surface area contributed by atoms with Gasteiger partial charge in [0.05, 0.1) is 6.61 Å². The molecule has 0 saturated carbocycles. The van der Waals surface area contributed by atoms with Gasteiger partial charge < -0.3 is 10.1 Å². The molecule has 1 fully saturated rings. The van der Waals surface area contributed by atoms with Crippen molar-refractivity contribution >= 4 is 12.4 Å². The molecule has 2 rings (SSSR count). The predicted molar refractivity (Wildman–Crippen MR) is 64.6 cm³/mol. The van der Waals surface area contributed by atoms with Gasteiger partial charge >= 0.3 is 0 Å². The van der Waals surface area contributed by atoms with Gasteiger partial charge in [-0.1, -0.05) is 30.3 Å². The van der Waals surface area contributed by atoms with Crippen LogP contribution in [-0.4, -0.2) is 25.8 Å². The molecule has 1 aliphatic heterocycles. The van der Waals surface area contributed by atoms with E-state index < -0.39 is 0 Å². The highest BCUT2D eigenvalue weighted by atomic mass is 35.5. The Bertz CT molecular complexity index is 260. The van der Waals surface area contributed by atoms with Crippen LogP contribution in [0.4, 0.5) is 0 Å². The summed E-state index contributed by atoms with van der Waals surface area (Å²) < 4.78 is 5.30. The molecular weight excluding hydrogens is 210 g/mol. The molecule has 1 unspecified atom stereocenters. The molecule has 15 heavy (non-hydrogen) atoms. The zero-order valence-electron chi connectivity index (χ0n) is 8.82. The van der Waals surface area contributed by atoms with Crippen LogP contribution in [0.15, 0.2) is 30.3 Å². The van der Waals surface area contributed by atoms with Crippen molar-refractivity contribution in [3.05, 3.63) is 35.9 Å². The summed E-state index contributed by atoms with van der Waals surface area (Å²) >= 11 is 0. The maximum atomic E-state index is 5.30. The fraction of sp³-hybridized carbons (Fsp3) is 0.500. The van der Waals surface area contributed by atoms with Gasteiger partial charge in [0.1, 0.15) is 0 Å². The van der Waals surface area contributed by atoms with Gasteiger partial charge in [0, 0.05) is 12.6 Å². The van der Waals surface area contributed by atoms with Crippen LogP contribution in [0.5, 0.6) is 0 Å². The summed E-state index contributed by atoms with van der Waals surface area (Å²) in [6, 6.07) is 11.2. The SMILES string of the molecule is Cl.c1ccc(CCNC2CCOC2)cc1. The number of hydrogen-bond donors (Lipinski definition) is 1. The molecule has 84 valence electrons. The van der Waals surface area contributed by atoms with Crippen LogP contribution in [-0.2, 0) is 11.2 Å². The summed E-state index contributed by atoms with van der Waals surface area (Å²) in [6.07, 6.45) is 2.27. The maximum Gasteiger partial charge on any atom is 0.0620 e. The Morgan fingerprint density at radius 2 is 2.07 bits per heavy atom. The lowest BCUT2D eigenvalue weighted by Gasteiger charge is -2.09. The topological polar surface area (TPSA) is 21.3 Å². The lowest BCUT2D eigenvalue weighted by Crippen LogP contribution is -2.30. The van der Waals surface area contributed by atoms with Crippen LogP contribution < -0.4 is 5.32 Å². The molecule has 0 aliphatic carbocycles. The van der Waals surface area contributed by atoms with Gasteiger partial charge in [-0.25, -0.2) is 0 Å². The molecule has 0 radical (unpaired) electrons. The van der Waals surface area contributed by atoms with Crippen LogP contribution in [0.2, 0.25) is 0 Å². The number of nitrogens with one attached hydrogen (secondary N) is 1. The number of hydrogen-bond acceptors (Lipinski definition) is 2. The minimum absolute atomic E-state index is 0. The summed E-state index contributed by atoms with van der Waals surface area (Å²) in [5.41, 5.74) is 1.40. The van der Waals surface area contributed by atoms with Crippen molar-refractivity contribution in [2.75, 3.05) is 19.8 Å². The van der Waals surface area contributed by atoms with E-state index >= 15 is 0 Å². The Hall–Kier alpha value is -0.570. The first-order valence-corrected chi connectivity index (χ1v) is 5.30. The zero-order chi connectivity index (χ0) is 9.64. The molecule has 3 heteroatoms. The largest absolute Gasteiger partial charge is 0.380 e. The van der Waals surface area contributed by atoms with Gasteiger partial charge in [-0.05, 0) is 24.9 Å². The second-order valence-corrected chi connectivity index (χ2v) is 3.75. The summed E-state index contributed by atoms with van der Waals surface area (Å²) in [7, 11) is 0. The number of halogens is 1. The Labute approximate surface area is 97.4 Å². The van der Waals surface area contributed by atoms with Crippen molar-refractivity contribution in [3.8, 4) is 0 Å². The van der Waals surface area contributed by atoms with Crippen molar-refractivity contribution in [2.24, 2.45) is 0 Å². The van der Waals surface area contributed by atoms with E-state index in [-0.39, 0.29) is 12.4 Å². The molecule has 1 N–H and O–H groups in total. The Balaban J connectivity index is 0.00000112. The molecule has 0 bridgehead atoms. The van der Waals surface area contributed by atoms with E-state index in [9.17, 15) is 0 Å². The molecule has 1 aliphatic rings. The van der Waals surface area contributed by atoms with E-state index in [2.05, 4.69) is 35.6 Å². The average molecular weight is 228 g/mol. The van der Waals surface area contributed by atoms with Gasteiger partial charge in [-0.15, -0.1) is 12.4 Å². The second-order valence-electron chi connectivity index (χ2n) is 3.75. The summed E-state index contributed by atoms with van der Waals surface area (Å²) in [5.74, 6) is 0. The van der Waals surface area contributed by atoms with Crippen LogP contribution in [0.3, 0.4) is 0 Å². The molecule has 1 heterocycles. The van der Waals surface area contributed by atoms with Crippen LogP contribution >= 0.6 is 12.4 Å². The minimum atomic E-state index is 0. The van der Waals surface area contributed by atoms with Crippen molar-refractivity contribution < 1.29 is 4.74 Å². The van der Waals surface area contributed by atoms with E-state index in [0.717, 1.165) is 32.6 Å². The minimum Gasteiger partial charge on any atom is -0.380 e. The highest BCUT2D eigenvalue weighted by molar-refractivity contribution is 5.85. The Morgan fingerprint density at radius 3 is 2.73 bits per heavy atom. The van der Waals surface area contributed by atoms with Crippen molar-refractivity contribution in [3.63, 3.8) is 0 Å². The quantitative estimate of drug-likeness (QED) is 0.850. The van der Waals surface area contributed by atoms with Crippen molar-refractivity contribution in [2.45, 2.75) is 18.9 Å². The summed E-state index contributed by atoms with van der Waals surface area (Å²) in [4.78, 5) is 0. The lowest BCUT2D eigenvalue weighted by atomic mass is 10.1. The first kappa shape index (κ1) is 12.5. The summed E-state index contributed by atoms with van der Waals surface area (Å²) in [6.45, 7) is 2.86. The van der Waals surface area contributed by atoms with Crippen molar-refractivity contribution in [1.29, 1.82) is 0 Å². The van der Waals surface area contributed by atoms with Gasteiger partial charge in [-0.3, -0.25) is 0 Å². The smallest absolute Gasteiger partial charge is 0.0620 e. The molecule has 1 saturated heterocycles. The Morgan fingerprint density at radius 1 is 1.27 bits per heavy atom. The van der Waals surface area contributed by atoms with Crippen LogP contribution in [0, 0.1) is 0 Å². The molecule has 0 aromatic heterocycles. The maximum absolute atomic E-state index is 5.30. The number of ether oxygens (including phenoxy) is 1. The average Bonchev–Trinajstić information content (AvgIpc) is 2.72. The van der Waals surface area contributed by atoms with E-state index in [0.29, 0.717) is 6.04 Å². The third kappa shape index (κ3) is 4.20. The van der Waals surface area contributed by atoms with Gasteiger partial charge in [0.25, 0.3) is 0 Å². The fourth-order valence-corrected chi connectivity index (χ4v) is 1.76. The third-order valence-corrected chi connectivity index (χ3v) is 2.62. The van der Waals surface area contributed by atoms with Crippen LogP contribution in [0.1, 0.15) is 12.0 Å². The van der Waals surface area contributed by atoms with Gasteiger partial charge in [0.2, 0.25) is 0 Å². The molecule has 2 nitrogen and oxygen atoms in total. The third-order valence-electron chi connectivity index (χ3n) is 2.62. The van der Waals surface area contributed by atoms with Crippen LogP contribution in [0.25, 0.3) is 0 Å².